The van der Waals surface area contributed by atoms with Crippen LogP contribution in [0.2, 0.25) is 0 Å². The van der Waals surface area contributed by atoms with E-state index in [2.05, 4.69) is 5.32 Å². The van der Waals surface area contributed by atoms with Crippen molar-refractivity contribution in [3.8, 4) is 11.5 Å². The zero-order valence-corrected chi connectivity index (χ0v) is 20.6. The Hall–Kier alpha value is -3.70. The maximum atomic E-state index is 13.5. The molecule has 0 fully saturated rings. The minimum absolute atomic E-state index is 0.0872. The lowest BCUT2D eigenvalue weighted by Crippen LogP contribution is -2.35. The quantitative estimate of drug-likeness (QED) is 0.259. The summed E-state index contributed by atoms with van der Waals surface area (Å²) in [5.41, 5.74) is -3.62. The molecule has 0 aromatic heterocycles. The highest BCUT2D eigenvalue weighted by Crippen LogP contribution is 2.40. The average Bonchev–Trinajstić information content (AvgIpc) is 3.30. The Morgan fingerprint density at radius 3 is 2.21 bits per heavy atom. The van der Waals surface area contributed by atoms with Gasteiger partial charge in [-0.25, -0.2) is 0 Å². The molecule has 1 N–H and O–H groups in total. The molecule has 38 heavy (non-hydrogen) atoms. The molecule has 0 saturated heterocycles. The van der Waals surface area contributed by atoms with E-state index in [1.54, 1.807) is 31.2 Å². The van der Waals surface area contributed by atoms with Gasteiger partial charge in [0.1, 0.15) is 0 Å². The summed E-state index contributed by atoms with van der Waals surface area (Å²) in [6.45, 7) is 1.74. The zero-order valence-electron chi connectivity index (χ0n) is 20.6. The van der Waals surface area contributed by atoms with Crippen molar-refractivity contribution in [2.45, 2.75) is 37.7 Å². The summed E-state index contributed by atoms with van der Waals surface area (Å²) in [7, 11) is 2.88. The standard InChI is InChI=1S/C26H25F6NO5/c1-4-38-24(35)22(15-6-10-20(36-2)21(12-15)37-3)14-5-8-17(11-14)33-23(34)18-9-7-16(25(27,28)29)13-19(18)26(30,31)32/h5-10,12-14,17,22H,4,11H2,1-3H3,(H,33,34). The molecule has 6 nitrogen and oxygen atoms in total. The van der Waals surface area contributed by atoms with Crippen molar-refractivity contribution in [3.05, 3.63) is 70.8 Å². The fourth-order valence-corrected chi connectivity index (χ4v) is 4.32. The number of hydrogen-bond donors (Lipinski definition) is 1. The molecule has 0 radical (unpaired) electrons. The van der Waals surface area contributed by atoms with E-state index in [1.165, 1.54) is 20.3 Å². The number of esters is 1. The van der Waals surface area contributed by atoms with Crippen LogP contribution < -0.4 is 14.8 Å². The molecule has 1 aliphatic carbocycles. The third-order valence-electron chi connectivity index (χ3n) is 6.07. The van der Waals surface area contributed by atoms with Crippen LogP contribution in [0.5, 0.6) is 11.5 Å². The molecule has 0 heterocycles. The Labute approximate surface area is 214 Å². The van der Waals surface area contributed by atoms with Crippen LogP contribution in [0.3, 0.4) is 0 Å². The number of halogens is 6. The molecular formula is C26H25F6NO5. The molecule has 1 aliphatic rings. The second kappa shape index (κ2) is 11.4. The summed E-state index contributed by atoms with van der Waals surface area (Å²) in [6.07, 6.45) is -6.91. The van der Waals surface area contributed by atoms with Crippen molar-refractivity contribution in [3.63, 3.8) is 0 Å². The van der Waals surface area contributed by atoms with Crippen LogP contribution >= 0.6 is 0 Å². The maximum Gasteiger partial charge on any atom is 0.417 e. The van der Waals surface area contributed by atoms with Crippen molar-refractivity contribution in [2.75, 3.05) is 20.8 Å². The predicted molar refractivity (Wildman–Crippen MR) is 124 cm³/mol. The van der Waals surface area contributed by atoms with Gasteiger partial charge in [0.05, 0.1) is 43.4 Å². The number of carbonyl (C=O) groups is 2. The molecule has 0 spiro atoms. The van der Waals surface area contributed by atoms with E-state index in [0.29, 0.717) is 29.2 Å². The van der Waals surface area contributed by atoms with Crippen LogP contribution in [0.15, 0.2) is 48.6 Å². The highest BCUT2D eigenvalue weighted by atomic mass is 19.4. The lowest BCUT2D eigenvalue weighted by atomic mass is 9.85. The van der Waals surface area contributed by atoms with Crippen LogP contribution in [-0.2, 0) is 21.9 Å². The van der Waals surface area contributed by atoms with Gasteiger partial charge >= 0.3 is 18.3 Å². The van der Waals surface area contributed by atoms with Crippen molar-refractivity contribution < 1.29 is 50.1 Å². The van der Waals surface area contributed by atoms with Gasteiger partial charge in [0.15, 0.2) is 11.5 Å². The number of rotatable bonds is 8. The lowest BCUT2D eigenvalue weighted by Gasteiger charge is -2.23. The number of amides is 1. The van der Waals surface area contributed by atoms with E-state index in [-0.39, 0.29) is 19.1 Å². The first-order valence-corrected chi connectivity index (χ1v) is 11.5. The molecular weight excluding hydrogens is 520 g/mol. The van der Waals surface area contributed by atoms with Gasteiger partial charge in [0.25, 0.3) is 5.91 Å². The van der Waals surface area contributed by atoms with E-state index in [9.17, 15) is 35.9 Å². The molecule has 0 saturated carbocycles. The summed E-state index contributed by atoms with van der Waals surface area (Å²) >= 11 is 0. The zero-order chi connectivity index (χ0) is 28.3. The molecule has 3 rings (SSSR count). The van der Waals surface area contributed by atoms with E-state index in [1.807, 2.05) is 0 Å². The second-order valence-electron chi connectivity index (χ2n) is 8.46. The maximum absolute atomic E-state index is 13.5. The smallest absolute Gasteiger partial charge is 0.417 e. The lowest BCUT2D eigenvalue weighted by molar-refractivity contribution is -0.146. The molecule has 206 valence electrons. The Bertz CT molecular complexity index is 1210. The van der Waals surface area contributed by atoms with Gasteiger partial charge in [0, 0.05) is 6.04 Å². The predicted octanol–water partition coefficient (Wildman–Crippen LogP) is 5.76. The normalized spacial score (nSPS) is 18.1. The number of hydrogen-bond acceptors (Lipinski definition) is 5. The van der Waals surface area contributed by atoms with Gasteiger partial charge in [-0.15, -0.1) is 0 Å². The van der Waals surface area contributed by atoms with Crippen molar-refractivity contribution in [2.24, 2.45) is 5.92 Å². The summed E-state index contributed by atoms with van der Waals surface area (Å²) in [4.78, 5) is 25.6. The number of methoxy groups -OCH3 is 2. The third kappa shape index (κ3) is 6.40. The molecule has 3 unspecified atom stereocenters. The SMILES string of the molecule is CCOC(=O)C(c1ccc(OC)c(OC)c1)C1C=CC(NC(=O)c2ccc(C(F)(F)F)cc2C(F)(F)F)C1. The van der Waals surface area contributed by atoms with Gasteiger partial charge in [0.2, 0.25) is 0 Å². The summed E-state index contributed by atoms with van der Waals surface area (Å²) in [5.74, 6) is -2.28. The fraction of sp³-hybridized carbons (Fsp3) is 0.385. The Balaban J connectivity index is 1.84. The first kappa shape index (κ1) is 28.9. The van der Waals surface area contributed by atoms with E-state index >= 15 is 0 Å². The third-order valence-corrected chi connectivity index (χ3v) is 6.07. The monoisotopic (exact) mass is 545 g/mol. The molecule has 0 bridgehead atoms. The van der Waals surface area contributed by atoms with E-state index in [4.69, 9.17) is 14.2 Å². The number of carbonyl (C=O) groups excluding carboxylic acids is 2. The summed E-state index contributed by atoms with van der Waals surface area (Å²) in [5, 5.41) is 2.41. The van der Waals surface area contributed by atoms with Gasteiger partial charge in [-0.2, -0.15) is 26.3 Å². The van der Waals surface area contributed by atoms with Crippen molar-refractivity contribution >= 4 is 11.9 Å². The van der Waals surface area contributed by atoms with Crippen molar-refractivity contribution in [1.29, 1.82) is 0 Å². The van der Waals surface area contributed by atoms with E-state index < -0.39 is 58.8 Å². The Kier molecular flexibility index (Phi) is 8.63. The number of benzene rings is 2. The van der Waals surface area contributed by atoms with Crippen LogP contribution in [-0.4, -0.2) is 38.7 Å². The minimum atomic E-state index is -5.19. The van der Waals surface area contributed by atoms with E-state index in [0.717, 1.165) is 0 Å². The summed E-state index contributed by atoms with van der Waals surface area (Å²) < 4.78 is 95.1. The number of alkyl halides is 6. The topological polar surface area (TPSA) is 73.9 Å². The van der Waals surface area contributed by atoms with Gasteiger partial charge in [-0.05, 0) is 55.2 Å². The number of ether oxygens (including phenoxy) is 3. The minimum Gasteiger partial charge on any atom is -0.493 e. The van der Waals surface area contributed by atoms with Gasteiger partial charge in [-0.3, -0.25) is 9.59 Å². The van der Waals surface area contributed by atoms with Crippen LogP contribution in [0, 0.1) is 5.92 Å². The first-order chi connectivity index (χ1) is 17.8. The van der Waals surface area contributed by atoms with Crippen LogP contribution in [0.4, 0.5) is 26.3 Å². The molecule has 1 amide bonds. The molecule has 0 aliphatic heterocycles. The highest BCUT2D eigenvalue weighted by molar-refractivity contribution is 5.96. The Morgan fingerprint density at radius 2 is 1.63 bits per heavy atom. The highest BCUT2D eigenvalue weighted by Gasteiger charge is 2.40. The Morgan fingerprint density at radius 1 is 0.947 bits per heavy atom. The second-order valence-corrected chi connectivity index (χ2v) is 8.46. The molecule has 2 aromatic carbocycles. The number of allylic oxidation sites excluding steroid dienone is 1. The largest absolute Gasteiger partial charge is 0.493 e. The van der Waals surface area contributed by atoms with Gasteiger partial charge in [-0.1, -0.05) is 18.2 Å². The summed E-state index contributed by atoms with van der Waals surface area (Å²) in [6, 6.07) is 4.93. The molecule has 3 atom stereocenters. The molecule has 12 heteroatoms. The van der Waals surface area contributed by atoms with Crippen molar-refractivity contribution in [1.82, 2.24) is 5.32 Å². The fourth-order valence-electron chi connectivity index (χ4n) is 4.32. The molecule has 2 aromatic rings. The number of nitrogens with one attached hydrogen (secondary N) is 1. The van der Waals surface area contributed by atoms with Crippen LogP contribution in [0.1, 0.15) is 46.3 Å². The van der Waals surface area contributed by atoms with Gasteiger partial charge < -0.3 is 19.5 Å². The van der Waals surface area contributed by atoms with Crippen LogP contribution in [0.25, 0.3) is 0 Å². The first-order valence-electron chi connectivity index (χ1n) is 11.5. The average molecular weight is 545 g/mol.